The lowest BCUT2D eigenvalue weighted by atomic mass is 10.3. The largest absolute Gasteiger partial charge is 0.448 e. The van der Waals surface area contributed by atoms with E-state index in [9.17, 15) is 10.1 Å². The molecule has 0 saturated carbocycles. The minimum Gasteiger partial charge on any atom is -0.448 e. The van der Waals surface area contributed by atoms with E-state index in [1.165, 1.54) is 12.3 Å². The molecule has 0 amide bonds. The van der Waals surface area contributed by atoms with Gasteiger partial charge in [0.15, 0.2) is 5.75 Å². The lowest BCUT2D eigenvalue weighted by Gasteiger charge is -2.10. The average molecular weight is 245 g/mol. The summed E-state index contributed by atoms with van der Waals surface area (Å²) in [5.74, 6) is 0.687. The van der Waals surface area contributed by atoms with E-state index >= 15 is 0 Å². The number of hydrogen-bond acceptors (Lipinski definition) is 5. The Bertz CT molecular complexity index is 572. The smallest absolute Gasteiger partial charge is 0.329 e. The maximum Gasteiger partial charge on any atom is 0.329 e. The van der Waals surface area contributed by atoms with E-state index in [-0.39, 0.29) is 11.4 Å². The second kappa shape index (κ2) is 5.13. The summed E-state index contributed by atoms with van der Waals surface area (Å²) in [5, 5.41) is 13.8. The summed E-state index contributed by atoms with van der Waals surface area (Å²) < 4.78 is 5.55. The van der Waals surface area contributed by atoms with Gasteiger partial charge in [0.25, 0.3) is 0 Å². The first-order chi connectivity index (χ1) is 8.72. The second-order valence-corrected chi connectivity index (χ2v) is 3.45. The van der Waals surface area contributed by atoms with Crippen LogP contribution in [-0.4, -0.2) is 17.0 Å². The lowest BCUT2D eigenvalue weighted by Crippen LogP contribution is -1.96. The third-order valence-corrected chi connectivity index (χ3v) is 2.33. The fourth-order valence-corrected chi connectivity index (χ4v) is 1.48. The van der Waals surface area contributed by atoms with Gasteiger partial charge in [0, 0.05) is 19.3 Å². The zero-order valence-electron chi connectivity index (χ0n) is 9.66. The van der Waals surface area contributed by atoms with E-state index in [4.69, 9.17) is 4.74 Å². The molecular weight excluding hydrogens is 234 g/mol. The Kier molecular flexibility index (Phi) is 3.38. The van der Waals surface area contributed by atoms with Crippen molar-refractivity contribution in [1.82, 2.24) is 4.98 Å². The first-order valence-corrected chi connectivity index (χ1v) is 5.25. The van der Waals surface area contributed by atoms with Crippen molar-refractivity contribution in [2.45, 2.75) is 0 Å². The highest BCUT2D eigenvalue weighted by Gasteiger charge is 2.16. The number of benzene rings is 1. The van der Waals surface area contributed by atoms with Gasteiger partial charge in [-0.3, -0.25) is 15.1 Å². The Hall–Kier alpha value is -2.63. The molecule has 0 aliphatic heterocycles. The van der Waals surface area contributed by atoms with Crippen LogP contribution in [0.25, 0.3) is 0 Å². The molecule has 0 aliphatic rings. The predicted octanol–water partition coefficient (Wildman–Crippen LogP) is 2.82. The molecule has 1 heterocycles. The summed E-state index contributed by atoms with van der Waals surface area (Å²) in [4.78, 5) is 14.0. The van der Waals surface area contributed by atoms with Crippen LogP contribution in [0.15, 0.2) is 42.7 Å². The number of nitro groups is 1. The molecule has 2 rings (SSSR count). The second-order valence-electron chi connectivity index (χ2n) is 3.45. The van der Waals surface area contributed by atoms with Crippen LogP contribution in [0.1, 0.15) is 0 Å². The molecule has 2 aromatic rings. The maximum atomic E-state index is 10.8. The number of ether oxygens (including phenoxy) is 1. The van der Waals surface area contributed by atoms with E-state index in [2.05, 4.69) is 10.3 Å². The summed E-state index contributed by atoms with van der Waals surface area (Å²) in [7, 11) is 1.75. The molecular formula is C12H11N3O3. The fourth-order valence-electron chi connectivity index (χ4n) is 1.48. The van der Waals surface area contributed by atoms with Gasteiger partial charge in [-0.15, -0.1) is 0 Å². The summed E-state index contributed by atoms with van der Waals surface area (Å²) in [5.41, 5.74) is 0.590. The molecule has 0 bridgehead atoms. The summed E-state index contributed by atoms with van der Waals surface area (Å²) in [6, 6.07) is 8.66. The minimum atomic E-state index is -0.523. The lowest BCUT2D eigenvalue weighted by molar-refractivity contribution is -0.386. The van der Waals surface area contributed by atoms with Crippen LogP contribution < -0.4 is 10.1 Å². The standard InChI is InChI=1S/C12H11N3O3/c1-13-9-4-2-3-5-11(9)18-12-6-7-14-8-10(12)15(16)17/h2-8,13H,1H3. The SMILES string of the molecule is CNc1ccccc1Oc1ccncc1[N+](=O)[O-]. The van der Waals surface area contributed by atoms with Gasteiger partial charge >= 0.3 is 5.69 Å². The number of anilines is 1. The highest BCUT2D eigenvalue weighted by Crippen LogP contribution is 2.33. The van der Waals surface area contributed by atoms with Crippen LogP contribution in [0.4, 0.5) is 11.4 Å². The Morgan fingerprint density at radius 2 is 2.06 bits per heavy atom. The van der Waals surface area contributed by atoms with Crippen LogP contribution in [0.5, 0.6) is 11.5 Å². The van der Waals surface area contributed by atoms with E-state index < -0.39 is 4.92 Å². The number of nitrogens with one attached hydrogen (secondary N) is 1. The van der Waals surface area contributed by atoms with Gasteiger partial charge in [0.2, 0.25) is 5.75 Å². The van der Waals surface area contributed by atoms with Crippen molar-refractivity contribution in [3.63, 3.8) is 0 Å². The third kappa shape index (κ3) is 2.37. The van der Waals surface area contributed by atoms with Crippen molar-refractivity contribution in [2.75, 3.05) is 12.4 Å². The quantitative estimate of drug-likeness (QED) is 0.662. The first kappa shape index (κ1) is 11.8. The number of rotatable bonds is 4. The summed E-state index contributed by atoms with van der Waals surface area (Å²) in [6.45, 7) is 0. The van der Waals surface area contributed by atoms with E-state index in [0.717, 1.165) is 11.9 Å². The zero-order valence-corrected chi connectivity index (χ0v) is 9.66. The van der Waals surface area contributed by atoms with Crippen LogP contribution in [-0.2, 0) is 0 Å². The Morgan fingerprint density at radius 1 is 1.28 bits per heavy atom. The fraction of sp³-hybridized carbons (Fsp3) is 0.0833. The molecule has 1 aromatic carbocycles. The number of hydrogen-bond donors (Lipinski definition) is 1. The van der Waals surface area contributed by atoms with Crippen molar-refractivity contribution >= 4 is 11.4 Å². The number of nitrogens with zero attached hydrogens (tertiary/aromatic N) is 2. The first-order valence-electron chi connectivity index (χ1n) is 5.25. The number of para-hydroxylation sites is 2. The topological polar surface area (TPSA) is 77.3 Å². The molecule has 18 heavy (non-hydrogen) atoms. The normalized spacial score (nSPS) is 9.83. The maximum absolute atomic E-state index is 10.8. The molecule has 1 aromatic heterocycles. The van der Waals surface area contributed by atoms with Gasteiger partial charge < -0.3 is 10.1 Å². The molecule has 1 N–H and O–H groups in total. The van der Waals surface area contributed by atoms with E-state index in [1.807, 2.05) is 12.1 Å². The summed E-state index contributed by atoms with van der Waals surface area (Å²) >= 11 is 0. The molecule has 92 valence electrons. The van der Waals surface area contributed by atoms with Crippen molar-refractivity contribution in [3.8, 4) is 11.5 Å². The van der Waals surface area contributed by atoms with Crippen molar-refractivity contribution in [1.29, 1.82) is 0 Å². The molecule has 0 fully saturated rings. The van der Waals surface area contributed by atoms with Crippen LogP contribution >= 0.6 is 0 Å². The molecule has 0 spiro atoms. The molecule has 6 nitrogen and oxygen atoms in total. The van der Waals surface area contributed by atoms with Crippen LogP contribution in [0.2, 0.25) is 0 Å². The predicted molar refractivity (Wildman–Crippen MR) is 67.0 cm³/mol. The molecule has 0 unspecified atom stereocenters. The summed E-state index contributed by atoms with van der Waals surface area (Å²) in [6.07, 6.45) is 2.61. The highest BCUT2D eigenvalue weighted by molar-refractivity contribution is 5.58. The van der Waals surface area contributed by atoms with E-state index in [1.54, 1.807) is 19.2 Å². The van der Waals surface area contributed by atoms with E-state index in [0.29, 0.717) is 5.75 Å². The molecule has 0 radical (unpaired) electrons. The van der Waals surface area contributed by atoms with Crippen molar-refractivity contribution < 1.29 is 9.66 Å². The monoisotopic (exact) mass is 245 g/mol. The van der Waals surface area contributed by atoms with Gasteiger partial charge in [0.1, 0.15) is 6.20 Å². The van der Waals surface area contributed by atoms with Crippen LogP contribution in [0, 0.1) is 10.1 Å². The molecule has 0 atom stereocenters. The molecule has 0 saturated heterocycles. The Morgan fingerprint density at radius 3 is 2.78 bits per heavy atom. The average Bonchev–Trinajstić information content (AvgIpc) is 2.40. The van der Waals surface area contributed by atoms with Gasteiger partial charge in [0.05, 0.1) is 10.6 Å². The Labute approximate surface area is 103 Å². The van der Waals surface area contributed by atoms with Gasteiger partial charge in [-0.2, -0.15) is 0 Å². The zero-order chi connectivity index (χ0) is 13.0. The minimum absolute atomic E-state index is 0.164. The number of aromatic nitrogens is 1. The van der Waals surface area contributed by atoms with Gasteiger partial charge in [-0.25, -0.2) is 0 Å². The highest BCUT2D eigenvalue weighted by atomic mass is 16.6. The molecule has 0 aliphatic carbocycles. The van der Waals surface area contributed by atoms with Crippen molar-refractivity contribution in [2.24, 2.45) is 0 Å². The van der Waals surface area contributed by atoms with Crippen LogP contribution in [0.3, 0.4) is 0 Å². The third-order valence-electron chi connectivity index (χ3n) is 2.33. The molecule has 6 heteroatoms. The van der Waals surface area contributed by atoms with Gasteiger partial charge in [-0.05, 0) is 12.1 Å². The van der Waals surface area contributed by atoms with Crippen molar-refractivity contribution in [3.05, 3.63) is 52.8 Å². The number of pyridine rings is 1. The Balaban J connectivity index is 2.37. The van der Waals surface area contributed by atoms with Gasteiger partial charge in [-0.1, -0.05) is 12.1 Å².